The third-order valence-corrected chi connectivity index (χ3v) is 2.44. The lowest BCUT2D eigenvalue weighted by atomic mass is 10.2. The van der Waals surface area contributed by atoms with Gasteiger partial charge in [0.1, 0.15) is 0 Å². The summed E-state index contributed by atoms with van der Waals surface area (Å²) < 4.78 is 0. The Morgan fingerprint density at radius 1 is 1.41 bits per heavy atom. The Kier molecular flexibility index (Phi) is 4.30. The molecule has 0 fully saturated rings. The minimum absolute atomic E-state index is 0.553. The smallest absolute Gasteiger partial charge is 0.0996 e. The van der Waals surface area contributed by atoms with E-state index in [1.807, 2.05) is 49.8 Å². The van der Waals surface area contributed by atoms with Crippen LogP contribution in [0.2, 0.25) is 0 Å². The molecule has 0 saturated heterocycles. The molecule has 1 aromatic rings. The van der Waals surface area contributed by atoms with Crippen LogP contribution in [0.1, 0.15) is 5.56 Å². The zero-order valence-electron chi connectivity index (χ0n) is 9.97. The molecule has 0 bridgehead atoms. The minimum Gasteiger partial charge on any atom is -0.283 e. The van der Waals surface area contributed by atoms with E-state index in [0.29, 0.717) is 6.61 Å². The lowest BCUT2D eigenvalue weighted by Crippen LogP contribution is -2.26. The van der Waals surface area contributed by atoms with E-state index in [-0.39, 0.29) is 0 Å². The van der Waals surface area contributed by atoms with Gasteiger partial charge in [0, 0.05) is 24.5 Å². The Morgan fingerprint density at radius 2 is 2.24 bits per heavy atom. The van der Waals surface area contributed by atoms with Crippen molar-refractivity contribution in [3.8, 4) is 0 Å². The van der Waals surface area contributed by atoms with Crippen molar-refractivity contribution in [2.24, 2.45) is 4.99 Å². The average Bonchev–Trinajstić information content (AvgIpc) is 2.36. The summed E-state index contributed by atoms with van der Waals surface area (Å²) in [7, 11) is 2.04. The van der Waals surface area contributed by atoms with Crippen LogP contribution in [0.25, 0.3) is 0 Å². The number of nitrogens with zero attached hydrogens (tertiary/aromatic N) is 2. The number of aliphatic imine (C=N–C) groups is 1. The molecule has 4 nitrogen and oxygen atoms in total. The number of benzene rings is 1. The van der Waals surface area contributed by atoms with Gasteiger partial charge in [-0.15, -0.1) is 0 Å². The number of rotatable bonds is 4. The van der Waals surface area contributed by atoms with Crippen LogP contribution in [-0.2, 0) is 11.4 Å². The summed E-state index contributed by atoms with van der Waals surface area (Å²) in [4.78, 5) is 11.7. The van der Waals surface area contributed by atoms with Crippen LogP contribution < -0.4 is 5.48 Å². The number of likely N-dealkylation sites (N-methyl/N-ethyl adjacent to an activating group) is 1. The summed E-state index contributed by atoms with van der Waals surface area (Å²) in [5.41, 5.74) is 5.11. The molecule has 17 heavy (non-hydrogen) atoms. The van der Waals surface area contributed by atoms with Crippen LogP contribution in [0.15, 0.2) is 47.1 Å². The quantitative estimate of drug-likeness (QED) is 0.631. The third-order valence-electron chi connectivity index (χ3n) is 2.44. The van der Waals surface area contributed by atoms with Gasteiger partial charge in [0.25, 0.3) is 0 Å². The predicted octanol–water partition coefficient (Wildman–Crippen LogP) is 1.57. The van der Waals surface area contributed by atoms with Crippen molar-refractivity contribution < 1.29 is 4.84 Å². The van der Waals surface area contributed by atoms with E-state index in [0.717, 1.165) is 24.4 Å². The van der Waals surface area contributed by atoms with Gasteiger partial charge in [0.05, 0.1) is 13.3 Å². The third kappa shape index (κ3) is 4.01. The fraction of sp³-hybridized carbons (Fsp3) is 0.308. The highest BCUT2D eigenvalue weighted by Gasteiger charge is 2.04. The van der Waals surface area contributed by atoms with E-state index in [1.165, 1.54) is 0 Å². The van der Waals surface area contributed by atoms with E-state index < -0.39 is 0 Å². The monoisotopic (exact) mass is 231 g/mol. The SMILES string of the molecule is CN1CN=C/C(=C/NOCc2ccccc2)C1. The topological polar surface area (TPSA) is 36.9 Å². The normalized spacial score (nSPS) is 18.5. The largest absolute Gasteiger partial charge is 0.283 e. The number of hydrogen-bond donors (Lipinski definition) is 1. The van der Waals surface area contributed by atoms with Crippen LogP contribution in [0.3, 0.4) is 0 Å². The van der Waals surface area contributed by atoms with Gasteiger partial charge in [-0.2, -0.15) is 0 Å². The van der Waals surface area contributed by atoms with Crippen molar-refractivity contribution in [3.63, 3.8) is 0 Å². The zero-order chi connectivity index (χ0) is 11.9. The van der Waals surface area contributed by atoms with E-state index in [2.05, 4.69) is 15.4 Å². The summed E-state index contributed by atoms with van der Waals surface area (Å²) in [6.07, 6.45) is 3.72. The summed E-state index contributed by atoms with van der Waals surface area (Å²) in [6.45, 7) is 2.21. The second-order valence-corrected chi connectivity index (χ2v) is 4.08. The summed E-state index contributed by atoms with van der Waals surface area (Å²) in [6, 6.07) is 10.1. The Hall–Kier alpha value is -1.65. The van der Waals surface area contributed by atoms with Gasteiger partial charge in [0.2, 0.25) is 0 Å². The predicted molar refractivity (Wildman–Crippen MR) is 68.4 cm³/mol. The van der Waals surface area contributed by atoms with Crippen molar-refractivity contribution >= 4 is 6.21 Å². The van der Waals surface area contributed by atoms with Gasteiger partial charge in [0.15, 0.2) is 0 Å². The van der Waals surface area contributed by atoms with Gasteiger partial charge in [-0.3, -0.25) is 20.2 Å². The molecular weight excluding hydrogens is 214 g/mol. The Labute approximate surface area is 102 Å². The first-order chi connectivity index (χ1) is 8.34. The molecule has 1 aromatic carbocycles. The highest BCUT2D eigenvalue weighted by atomic mass is 16.6. The number of hydroxylamine groups is 1. The highest BCUT2D eigenvalue weighted by Crippen LogP contribution is 2.01. The molecule has 0 amide bonds. The molecule has 0 aromatic heterocycles. The second-order valence-electron chi connectivity index (χ2n) is 4.08. The van der Waals surface area contributed by atoms with Crippen molar-refractivity contribution in [2.45, 2.75) is 6.61 Å². The van der Waals surface area contributed by atoms with Gasteiger partial charge < -0.3 is 0 Å². The Balaban J connectivity index is 1.74. The molecule has 0 atom stereocenters. The zero-order valence-corrected chi connectivity index (χ0v) is 9.97. The standard InChI is InChI=1S/C13H17N3O/c1-16-9-13(7-14-11-16)8-15-17-10-12-5-3-2-4-6-12/h2-8,15H,9-11H2,1H3/b13-8-. The molecule has 4 heteroatoms. The van der Waals surface area contributed by atoms with E-state index in [1.54, 1.807) is 0 Å². The summed E-state index contributed by atoms with van der Waals surface area (Å²) in [5.74, 6) is 0. The molecule has 0 spiro atoms. The Morgan fingerprint density at radius 3 is 3.00 bits per heavy atom. The molecule has 1 heterocycles. The lowest BCUT2D eigenvalue weighted by molar-refractivity contribution is 0.0570. The van der Waals surface area contributed by atoms with Crippen molar-refractivity contribution in [2.75, 3.05) is 20.3 Å². The molecule has 0 radical (unpaired) electrons. The number of hydrogen-bond acceptors (Lipinski definition) is 4. The minimum atomic E-state index is 0.553. The summed E-state index contributed by atoms with van der Waals surface area (Å²) in [5, 5.41) is 0. The summed E-state index contributed by atoms with van der Waals surface area (Å²) >= 11 is 0. The first-order valence-corrected chi connectivity index (χ1v) is 5.63. The fourth-order valence-corrected chi connectivity index (χ4v) is 1.60. The highest BCUT2D eigenvalue weighted by molar-refractivity contribution is 5.79. The molecule has 0 aliphatic carbocycles. The van der Waals surface area contributed by atoms with Crippen LogP contribution in [0.4, 0.5) is 0 Å². The van der Waals surface area contributed by atoms with Gasteiger partial charge >= 0.3 is 0 Å². The molecule has 0 saturated carbocycles. The Bertz CT molecular complexity index is 400. The van der Waals surface area contributed by atoms with Gasteiger partial charge in [-0.1, -0.05) is 30.3 Å². The average molecular weight is 231 g/mol. The molecule has 0 unspecified atom stereocenters. The molecule has 1 aliphatic rings. The second kappa shape index (κ2) is 6.18. The maximum Gasteiger partial charge on any atom is 0.0996 e. The first-order valence-electron chi connectivity index (χ1n) is 5.63. The van der Waals surface area contributed by atoms with E-state index in [9.17, 15) is 0 Å². The van der Waals surface area contributed by atoms with Gasteiger partial charge in [-0.25, -0.2) is 0 Å². The lowest BCUT2D eigenvalue weighted by Gasteiger charge is -2.18. The van der Waals surface area contributed by atoms with E-state index >= 15 is 0 Å². The molecule has 1 aliphatic heterocycles. The van der Waals surface area contributed by atoms with Crippen molar-refractivity contribution in [1.29, 1.82) is 0 Å². The van der Waals surface area contributed by atoms with E-state index in [4.69, 9.17) is 4.84 Å². The molecule has 2 rings (SSSR count). The maximum atomic E-state index is 5.35. The fourth-order valence-electron chi connectivity index (χ4n) is 1.60. The molecule has 1 N–H and O–H groups in total. The van der Waals surface area contributed by atoms with Crippen LogP contribution in [-0.4, -0.2) is 31.4 Å². The first kappa shape index (κ1) is 11.8. The van der Waals surface area contributed by atoms with Gasteiger partial charge in [-0.05, 0) is 12.6 Å². The molecular formula is C13H17N3O. The number of nitrogens with one attached hydrogen (secondary N) is 1. The van der Waals surface area contributed by atoms with Crippen LogP contribution >= 0.6 is 0 Å². The van der Waals surface area contributed by atoms with Crippen LogP contribution in [0.5, 0.6) is 0 Å². The van der Waals surface area contributed by atoms with Crippen molar-refractivity contribution in [3.05, 3.63) is 47.7 Å². The maximum absolute atomic E-state index is 5.35. The molecule has 90 valence electrons. The van der Waals surface area contributed by atoms with Crippen molar-refractivity contribution in [1.82, 2.24) is 10.4 Å². The van der Waals surface area contributed by atoms with Crippen LogP contribution in [0, 0.1) is 0 Å².